The van der Waals surface area contributed by atoms with Gasteiger partial charge in [-0.05, 0) is 37.3 Å². The molecule has 0 aliphatic carbocycles. The molecule has 18 heteroatoms. The summed E-state index contributed by atoms with van der Waals surface area (Å²) in [6.07, 6.45) is -4.65. The summed E-state index contributed by atoms with van der Waals surface area (Å²) in [5, 5.41) is 31.5. The number of aliphatic hydroxyl groups excluding tert-OH is 1. The summed E-state index contributed by atoms with van der Waals surface area (Å²) < 4.78 is 42.6. The van der Waals surface area contributed by atoms with E-state index in [2.05, 4.69) is 30.8 Å². The van der Waals surface area contributed by atoms with Gasteiger partial charge in [-0.2, -0.15) is 13.2 Å². The van der Waals surface area contributed by atoms with Crippen molar-refractivity contribution < 1.29 is 33.0 Å². The van der Waals surface area contributed by atoms with Crippen LogP contribution in [0.5, 0.6) is 0 Å². The Kier molecular flexibility index (Phi) is 10.6. The number of nitrogens with zero attached hydrogens (tertiary/aromatic N) is 7. The first-order valence-corrected chi connectivity index (χ1v) is 12.8. The Morgan fingerprint density at radius 3 is 2.42 bits per heavy atom. The summed E-state index contributed by atoms with van der Waals surface area (Å²) in [4.78, 5) is 42.0. The summed E-state index contributed by atoms with van der Waals surface area (Å²) in [6.45, 7) is 1.39. The third-order valence-corrected chi connectivity index (χ3v) is 6.08. The maximum Gasteiger partial charge on any atom is 0.416 e. The number of carboxylic acid groups (broad SMARTS) is 1. The minimum Gasteiger partial charge on any atom is -0.483 e. The number of carbonyl (C=O) groups excluding carboxylic acids is 1. The molecule has 3 aromatic heterocycles. The first-order chi connectivity index (χ1) is 20.3. The predicted molar refractivity (Wildman–Crippen MR) is 148 cm³/mol. The number of nitrogens with one attached hydrogen (secondary N) is 2. The zero-order chi connectivity index (χ0) is 31.9. The molecule has 1 aromatic carbocycles. The maximum atomic E-state index is 13.3. The first-order valence-electron chi connectivity index (χ1n) is 12.4. The highest BCUT2D eigenvalue weighted by molar-refractivity contribution is 6.30. The van der Waals surface area contributed by atoms with Crippen molar-refractivity contribution in [2.45, 2.75) is 45.3 Å². The largest absolute Gasteiger partial charge is 0.483 e. The lowest BCUT2D eigenvalue weighted by molar-refractivity contribution is -0.207. The molecule has 0 aliphatic rings. The molecule has 0 spiro atoms. The number of rotatable bonds is 9. The van der Waals surface area contributed by atoms with Crippen LogP contribution < -0.4 is 16.3 Å². The van der Waals surface area contributed by atoms with Crippen LogP contribution in [-0.4, -0.2) is 76.0 Å². The van der Waals surface area contributed by atoms with E-state index in [1.807, 2.05) is 0 Å². The first kappa shape index (κ1) is 32.7. The van der Waals surface area contributed by atoms with Crippen LogP contribution in [0.2, 0.25) is 5.02 Å². The Bertz CT molecular complexity index is 1620. The maximum absolute atomic E-state index is 13.3. The van der Waals surface area contributed by atoms with Gasteiger partial charge >= 0.3 is 11.9 Å². The van der Waals surface area contributed by atoms with E-state index in [1.54, 1.807) is 26.2 Å². The van der Waals surface area contributed by atoms with E-state index in [1.165, 1.54) is 42.1 Å². The number of pyridine rings is 1. The Hall–Kier alpha value is -4.77. The second-order valence-electron chi connectivity index (χ2n) is 8.91. The Balaban J connectivity index is 0.00000162. The molecule has 0 radical (unpaired) electrons. The van der Waals surface area contributed by atoms with Gasteiger partial charge in [0.1, 0.15) is 12.2 Å². The van der Waals surface area contributed by atoms with Crippen molar-refractivity contribution in [3.05, 3.63) is 69.9 Å². The molecular weight excluding hydrogens is 599 g/mol. The van der Waals surface area contributed by atoms with Gasteiger partial charge in [-0.15, -0.1) is 10.2 Å². The fourth-order valence-corrected chi connectivity index (χ4v) is 4.09. The monoisotopic (exact) mass is 625 g/mol. The third kappa shape index (κ3) is 7.95. The molecule has 4 aromatic rings. The molecule has 0 saturated heterocycles. The lowest BCUT2D eigenvalue weighted by atomic mass is 10.2. The number of alkyl halides is 3. The number of benzene rings is 1. The number of amides is 1. The van der Waals surface area contributed by atoms with Gasteiger partial charge in [0.2, 0.25) is 5.91 Å². The molecule has 2 atom stereocenters. The zero-order valence-corrected chi connectivity index (χ0v) is 23.7. The summed E-state index contributed by atoms with van der Waals surface area (Å²) in [5.41, 5.74) is 0.541. The molecule has 14 nitrogen and oxygen atoms in total. The van der Waals surface area contributed by atoms with Gasteiger partial charge in [0.25, 0.3) is 6.47 Å². The van der Waals surface area contributed by atoms with Gasteiger partial charge in [0.05, 0.1) is 24.5 Å². The molecule has 2 unspecified atom stereocenters. The molecule has 0 saturated carbocycles. The fourth-order valence-electron chi connectivity index (χ4n) is 3.96. The van der Waals surface area contributed by atoms with Gasteiger partial charge in [0, 0.05) is 30.8 Å². The normalized spacial score (nSPS) is 12.6. The average molecular weight is 626 g/mol. The quantitative estimate of drug-likeness (QED) is 0.201. The standard InChI is InChI=1S/C24H25ClF3N9O3.CH2O2/c1-13(31-14(2)38)21-32-20(33-37(21)18-10-30-9-8-17(18)29-3)12-36-23(40)35(11-19(39)24(26,27)28)22(34-36)15-4-6-16(25)7-5-15;2-1-3/h4-10,13,19,39H,11-12H2,1-3H3,(H,29,30)(H,31,38);1H,(H,2,3). The molecule has 1 amide bonds. The number of aromatic nitrogens is 7. The molecule has 3 heterocycles. The van der Waals surface area contributed by atoms with Gasteiger partial charge in [-0.3, -0.25) is 19.1 Å². The number of carbonyl (C=O) groups is 2. The lowest BCUT2D eigenvalue weighted by Crippen LogP contribution is -2.37. The third-order valence-electron chi connectivity index (χ3n) is 5.83. The van der Waals surface area contributed by atoms with E-state index in [-0.39, 0.29) is 30.6 Å². The van der Waals surface area contributed by atoms with Crippen LogP contribution in [0.1, 0.15) is 31.5 Å². The SMILES string of the molecule is CNc1ccncc1-n1nc(Cn2nc(-c3ccc(Cl)cc3)n(CC(O)C(F)(F)F)c2=O)nc1C(C)NC(C)=O.O=CO. The van der Waals surface area contributed by atoms with Crippen LogP contribution in [0.4, 0.5) is 18.9 Å². The number of hydrogen-bond donors (Lipinski definition) is 4. The molecule has 230 valence electrons. The van der Waals surface area contributed by atoms with Crippen molar-refractivity contribution in [1.29, 1.82) is 0 Å². The Morgan fingerprint density at radius 2 is 1.84 bits per heavy atom. The fraction of sp³-hybridized carbons (Fsp3) is 0.320. The molecule has 0 fully saturated rings. The van der Waals surface area contributed by atoms with E-state index < -0.39 is 30.6 Å². The van der Waals surface area contributed by atoms with Crippen LogP contribution in [0.15, 0.2) is 47.5 Å². The Morgan fingerprint density at radius 1 is 1.19 bits per heavy atom. The summed E-state index contributed by atoms with van der Waals surface area (Å²) in [7, 11) is 1.70. The summed E-state index contributed by atoms with van der Waals surface area (Å²) in [5.74, 6) is -0.0214. The minimum atomic E-state index is -4.96. The predicted octanol–water partition coefficient (Wildman–Crippen LogP) is 2.25. The second kappa shape index (κ2) is 13.9. The molecule has 0 bridgehead atoms. The smallest absolute Gasteiger partial charge is 0.416 e. The van der Waals surface area contributed by atoms with Crippen molar-refractivity contribution in [3.63, 3.8) is 0 Å². The van der Waals surface area contributed by atoms with Crippen molar-refractivity contribution in [2.24, 2.45) is 0 Å². The van der Waals surface area contributed by atoms with Gasteiger partial charge in [-0.1, -0.05) is 11.6 Å². The van der Waals surface area contributed by atoms with E-state index >= 15 is 0 Å². The zero-order valence-electron chi connectivity index (χ0n) is 22.9. The number of aliphatic hydroxyl groups is 1. The van der Waals surface area contributed by atoms with Crippen LogP contribution in [0.25, 0.3) is 17.1 Å². The van der Waals surface area contributed by atoms with E-state index in [0.717, 1.165) is 9.25 Å². The van der Waals surface area contributed by atoms with Crippen LogP contribution in [-0.2, 0) is 22.7 Å². The van der Waals surface area contributed by atoms with E-state index in [4.69, 9.17) is 21.5 Å². The molecule has 4 N–H and O–H groups in total. The molecule has 4 rings (SSSR count). The second-order valence-corrected chi connectivity index (χ2v) is 9.34. The highest BCUT2D eigenvalue weighted by Crippen LogP contribution is 2.25. The number of hydrogen-bond acceptors (Lipinski definition) is 9. The highest BCUT2D eigenvalue weighted by Gasteiger charge is 2.39. The minimum absolute atomic E-state index is 0.0869. The van der Waals surface area contributed by atoms with Gasteiger partial charge in [0.15, 0.2) is 23.6 Å². The number of anilines is 1. The number of halogens is 4. The van der Waals surface area contributed by atoms with Crippen LogP contribution in [0.3, 0.4) is 0 Å². The van der Waals surface area contributed by atoms with Crippen molar-refractivity contribution in [2.75, 3.05) is 12.4 Å². The van der Waals surface area contributed by atoms with Crippen LogP contribution in [0, 0.1) is 0 Å². The van der Waals surface area contributed by atoms with Crippen molar-refractivity contribution in [1.82, 2.24) is 39.4 Å². The van der Waals surface area contributed by atoms with Gasteiger partial charge < -0.3 is 20.8 Å². The molecular formula is C25H27ClF3N9O5. The van der Waals surface area contributed by atoms with E-state index in [9.17, 15) is 27.9 Å². The van der Waals surface area contributed by atoms with Crippen molar-refractivity contribution in [3.8, 4) is 17.1 Å². The Labute approximate surface area is 246 Å². The van der Waals surface area contributed by atoms with Gasteiger partial charge in [-0.25, -0.2) is 19.1 Å². The lowest BCUT2D eigenvalue weighted by Gasteiger charge is -2.15. The molecule has 0 aliphatic heterocycles. The summed E-state index contributed by atoms with van der Waals surface area (Å²) >= 11 is 5.94. The highest BCUT2D eigenvalue weighted by atomic mass is 35.5. The van der Waals surface area contributed by atoms with Crippen molar-refractivity contribution >= 4 is 29.7 Å². The molecule has 43 heavy (non-hydrogen) atoms. The topological polar surface area (TPSA) is 182 Å². The summed E-state index contributed by atoms with van der Waals surface area (Å²) in [6, 6.07) is 7.08. The van der Waals surface area contributed by atoms with E-state index in [0.29, 0.717) is 27.8 Å². The van der Waals surface area contributed by atoms with Crippen LogP contribution >= 0.6 is 11.6 Å². The average Bonchev–Trinajstić information content (AvgIpc) is 3.50.